The number of piperidine rings is 1. The van der Waals surface area contributed by atoms with Gasteiger partial charge in [-0.05, 0) is 62.0 Å². The first-order chi connectivity index (χ1) is 17.1. The van der Waals surface area contributed by atoms with E-state index in [-0.39, 0.29) is 0 Å². The van der Waals surface area contributed by atoms with Crippen molar-refractivity contribution in [1.82, 2.24) is 14.5 Å². The summed E-state index contributed by atoms with van der Waals surface area (Å²) in [7, 11) is 1.66. The molecular weight excluding hydrogens is 447 g/mol. The number of benzene rings is 1. The van der Waals surface area contributed by atoms with Crippen LogP contribution in [0.4, 0.5) is 4.39 Å². The molecular formula is C27H29FN4O3. The lowest BCUT2D eigenvalue weighted by molar-refractivity contribution is -0.101. The van der Waals surface area contributed by atoms with Crippen molar-refractivity contribution >= 4 is 5.84 Å². The number of oxime groups is 1. The van der Waals surface area contributed by atoms with Gasteiger partial charge in [0.05, 0.1) is 30.4 Å². The molecule has 0 amide bonds. The fourth-order valence-corrected chi connectivity index (χ4v) is 4.84. The summed E-state index contributed by atoms with van der Waals surface area (Å²) < 4.78 is 22.5. The van der Waals surface area contributed by atoms with E-state index in [9.17, 15) is 9.50 Å². The lowest BCUT2D eigenvalue weighted by atomic mass is 9.93. The second kappa shape index (κ2) is 9.54. The molecule has 7 nitrogen and oxygen atoms in total. The third-order valence-electron chi connectivity index (χ3n) is 6.64. The van der Waals surface area contributed by atoms with E-state index in [0.29, 0.717) is 30.8 Å². The number of nitrogens with zero attached hydrogens (tertiary/aromatic N) is 4. The van der Waals surface area contributed by atoms with Gasteiger partial charge in [-0.3, -0.25) is 0 Å². The standard InChI is InChI=1S/C27H29FN4O3/c1-19-16-31(18-29-19)24-13-11-20(15-25(24)34-2)10-12-21-7-6-14-32-26(21)30-35-27(32,17-33)22-8-4-3-5-9-23(22)28/h3,5,8-9,11-13,15-16,18,33H,4,6-7,10,14,17H2,1-2H3/b21-12+. The molecule has 3 heterocycles. The lowest BCUT2D eigenvalue weighted by Gasteiger charge is -2.39. The zero-order chi connectivity index (χ0) is 24.4. The van der Waals surface area contributed by atoms with E-state index < -0.39 is 18.2 Å². The van der Waals surface area contributed by atoms with Crippen LogP contribution in [0.15, 0.2) is 83.2 Å². The molecule has 35 heavy (non-hydrogen) atoms. The van der Waals surface area contributed by atoms with Crippen LogP contribution >= 0.6 is 0 Å². The van der Waals surface area contributed by atoms with Crippen LogP contribution in [0.5, 0.6) is 5.75 Å². The smallest absolute Gasteiger partial charge is 0.262 e. The van der Waals surface area contributed by atoms with Gasteiger partial charge < -0.3 is 24.1 Å². The van der Waals surface area contributed by atoms with Crippen molar-refractivity contribution in [3.05, 3.63) is 89.3 Å². The molecule has 182 valence electrons. The van der Waals surface area contributed by atoms with Gasteiger partial charge in [-0.15, -0.1) is 0 Å². The Morgan fingerprint density at radius 2 is 2.23 bits per heavy atom. The minimum absolute atomic E-state index is 0.320. The quantitative estimate of drug-likeness (QED) is 0.664. The third kappa shape index (κ3) is 4.18. The maximum absolute atomic E-state index is 14.9. The molecule has 1 aliphatic carbocycles. The number of ether oxygens (including phenoxy) is 1. The SMILES string of the molecule is COc1cc(C/C=C2\CCCN3C2=NOC3(CO)C2=CCC=CC=C2F)ccc1-n1cnc(C)c1. The minimum atomic E-state index is -1.34. The summed E-state index contributed by atoms with van der Waals surface area (Å²) in [5.74, 6) is 1.01. The Bertz CT molecular complexity index is 1270. The molecule has 1 aromatic carbocycles. The molecule has 8 heteroatoms. The highest BCUT2D eigenvalue weighted by Crippen LogP contribution is 2.41. The number of hydrogen-bond donors (Lipinski definition) is 1. The van der Waals surface area contributed by atoms with Crippen LogP contribution in [0.2, 0.25) is 0 Å². The number of rotatable bonds is 6. The predicted molar refractivity (Wildman–Crippen MR) is 132 cm³/mol. The van der Waals surface area contributed by atoms with Crippen molar-refractivity contribution in [1.29, 1.82) is 0 Å². The molecule has 2 aromatic rings. The summed E-state index contributed by atoms with van der Waals surface area (Å²) in [4.78, 5) is 12.0. The molecule has 1 saturated heterocycles. The van der Waals surface area contributed by atoms with Crippen LogP contribution in [0.25, 0.3) is 5.69 Å². The molecule has 1 N–H and O–H groups in total. The highest BCUT2D eigenvalue weighted by Gasteiger charge is 2.51. The van der Waals surface area contributed by atoms with Crippen LogP contribution in [0.3, 0.4) is 0 Å². The number of aliphatic hydroxyl groups is 1. The summed E-state index contributed by atoms with van der Waals surface area (Å²) >= 11 is 0. The molecule has 1 fully saturated rings. The first kappa shape index (κ1) is 23.1. The van der Waals surface area contributed by atoms with Crippen molar-refractivity contribution in [3.8, 4) is 11.4 Å². The maximum atomic E-state index is 14.9. The Balaban J connectivity index is 1.39. The number of allylic oxidation sites excluding steroid dienone is 5. The molecule has 0 bridgehead atoms. The minimum Gasteiger partial charge on any atom is -0.495 e. The summed E-state index contributed by atoms with van der Waals surface area (Å²) in [5, 5.41) is 14.7. The van der Waals surface area contributed by atoms with E-state index in [1.165, 1.54) is 6.08 Å². The largest absolute Gasteiger partial charge is 0.495 e. The number of hydrogen-bond acceptors (Lipinski definition) is 6. The Morgan fingerprint density at radius 3 is 3.00 bits per heavy atom. The van der Waals surface area contributed by atoms with E-state index in [4.69, 9.17) is 9.57 Å². The number of amidine groups is 1. The predicted octanol–water partition coefficient (Wildman–Crippen LogP) is 4.53. The highest BCUT2D eigenvalue weighted by molar-refractivity contribution is 6.00. The Morgan fingerprint density at radius 1 is 1.34 bits per heavy atom. The van der Waals surface area contributed by atoms with Crippen LogP contribution in [-0.2, 0) is 11.3 Å². The molecule has 0 radical (unpaired) electrons. The van der Waals surface area contributed by atoms with Crippen molar-refractivity contribution in [3.63, 3.8) is 0 Å². The lowest BCUT2D eigenvalue weighted by Crippen LogP contribution is -2.55. The highest BCUT2D eigenvalue weighted by atomic mass is 19.1. The maximum Gasteiger partial charge on any atom is 0.262 e. The van der Waals surface area contributed by atoms with Gasteiger partial charge in [-0.25, -0.2) is 9.37 Å². The van der Waals surface area contributed by atoms with E-state index in [1.54, 1.807) is 25.6 Å². The normalized spacial score (nSPS) is 22.8. The van der Waals surface area contributed by atoms with E-state index in [2.05, 4.69) is 22.3 Å². The first-order valence-corrected chi connectivity index (χ1v) is 11.8. The van der Waals surface area contributed by atoms with Gasteiger partial charge in [0.15, 0.2) is 5.84 Å². The van der Waals surface area contributed by atoms with Crippen LogP contribution < -0.4 is 4.74 Å². The van der Waals surface area contributed by atoms with Crippen LogP contribution in [-0.4, -0.2) is 51.4 Å². The summed E-state index contributed by atoms with van der Waals surface area (Å²) in [6, 6.07) is 6.12. The van der Waals surface area contributed by atoms with E-state index in [0.717, 1.165) is 41.1 Å². The van der Waals surface area contributed by atoms with Crippen LogP contribution in [0.1, 0.15) is 30.5 Å². The fraction of sp³-hybridized carbons (Fsp3) is 0.333. The number of halogens is 1. The zero-order valence-electron chi connectivity index (χ0n) is 19.9. The average molecular weight is 477 g/mol. The number of aryl methyl sites for hydroxylation is 1. The van der Waals surface area contributed by atoms with Crippen molar-refractivity contribution in [2.45, 2.75) is 38.3 Å². The number of imidazole rings is 1. The Kier molecular flexibility index (Phi) is 6.30. The van der Waals surface area contributed by atoms with Crippen molar-refractivity contribution in [2.75, 3.05) is 20.3 Å². The molecule has 0 spiro atoms. The molecule has 1 aromatic heterocycles. The van der Waals surface area contributed by atoms with Gasteiger partial charge in [-0.2, -0.15) is 0 Å². The van der Waals surface area contributed by atoms with Gasteiger partial charge in [-0.1, -0.05) is 35.5 Å². The topological polar surface area (TPSA) is 72.1 Å². The van der Waals surface area contributed by atoms with Gasteiger partial charge in [0.25, 0.3) is 5.72 Å². The molecule has 5 rings (SSSR count). The molecule has 1 atom stereocenters. The average Bonchev–Trinajstić information content (AvgIpc) is 3.42. The van der Waals surface area contributed by atoms with Gasteiger partial charge in [0.1, 0.15) is 18.2 Å². The number of aromatic nitrogens is 2. The Hall–Kier alpha value is -3.65. The second-order valence-corrected chi connectivity index (χ2v) is 8.86. The third-order valence-corrected chi connectivity index (χ3v) is 6.64. The molecule has 0 saturated carbocycles. The fourth-order valence-electron chi connectivity index (χ4n) is 4.84. The monoisotopic (exact) mass is 476 g/mol. The van der Waals surface area contributed by atoms with Crippen molar-refractivity contribution < 1.29 is 19.1 Å². The Labute approximate surface area is 204 Å². The van der Waals surface area contributed by atoms with Gasteiger partial charge in [0.2, 0.25) is 0 Å². The number of aliphatic hydroxyl groups excluding tert-OH is 1. The molecule has 3 aliphatic rings. The molecule has 1 unspecified atom stereocenters. The number of methoxy groups -OCH3 is 1. The number of fused-ring (bicyclic) bond motifs is 1. The van der Waals surface area contributed by atoms with Gasteiger partial charge in [0, 0.05) is 12.7 Å². The van der Waals surface area contributed by atoms with E-state index >= 15 is 0 Å². The summed E-state index contributed by atoms with van der Waals surface area (Å²) in [6.45, 7) is 2.18. The summed E-state index contributed by atoms with van der Waals surface area (Å²) in [5.41, 5.74) is 2.96. The van der Waals surface area contributed by atoms with Crippen LogP contribution in [0, 0.1) is 6.92 Å². The van der Waals surface area contributed by atoms with E-state index in [1.807, 2.05) is 40.8 Å². The second-order valence-electron chi connectivity index (χ2n) is 8.86. The first-order valence-electron chi connectivity index (χ1n) is 11.8. The van der Waals surface area contributed by atoms with Crippen molar-refractivity contribution in [2.24, 2.45) is 5.16 Å². The van der Waals surface area contributed by atoms with Gasteiger partial charge >= 0.3 is 0 Å². The zero-order valence-corrected chi connectivity index (χ0v) is 19.9. The molecule has 2 aliphatic heterocycles. The summed E-state index contributed by atoms with van der Waals surface area (Å²) in [6.07, 6.45) is 15.5.